The van der Waals surface area contributed by atoms with E-state index < -0.39 is 5.97 Å². The van der Waals surface area contributed by atoms with Crippen LogP contribution in [0.4, 0.5) is 11.6 Å². The van der Waals surface area contributed by atoms with Gasteiger partial charge < -0.3 is 19.7 Å². The molecule has 2 N–H and O–H groups in total. The molecule has 0 aliphatic rings. The Kier molecular flexibility index (Phi) is 4.34. The van der Waals surface area contributed by atoms with E-state index in [0.717, 1.165) is 11.4 Å². The highest BCUT2D eigenvalue weighted by molar-refractivity contribution is 5.85. The van der Waals surface area contributed by atoms with Crippen LogP contribution >= 0.6 is 0 Å². The van der Waals surface area contributed by atoms with E-state index in [1.165, 1.54) is 6.07 Å². The molecule has 2 heterocycles. The molecule has 3 rings (SSSR count). The summed E-state index contributed by atoms with van der Waals surface area (Å²) < 4.78 is 7.31. The third kappa shape index (κ3) is 3.57. The minimum absolute atomic E-state index is 0.0625. The minimum atomic E-state index is -1.10. The first kappa shape index (κ1) is 16.4. The van der Waals surface area contributed by atoms with Crippen molar-refractivity contribution in [1.82, 2.24) is 19.5 Å². The van der Waals surface area contributed by atoms with Gasteiger partial charge >= 0.3 is 5.97 Å². The van der Waals surface area contributed by atoms with E-state index in [0.29, 0.717) is 17.1 Å². The second-order valence-electron chi connectivity index (χ2n) is 5.46. The van der Waals surface area contributed by atoms with Crippen LogP contribution in [0.2, 0.25) is 0 Å². The normalized spacial score (nSPS) is 10.5. The van der Waals surface area contributed by atoms with Crippen molar-refractivity contribution >= 4 is 17.6 Å². The molecule has 0 spiro atoms. The van der Waals surface area contributed by atoms with Crippen LogP contribution in [-0.4, -0.2) is 37.7 Å². The molecule has 0 radical (unpaired) electrons. The van der Waals surface area contributed by atoms with Gasteiger partial charge in [-0.05, 0) is 32.0 Å². The summed E-state index contributed by atoms with van der Waals surface area (Å²) >= 11 is 0. The van der Waals surface area contributed by atoms with Crippen molar-refractivity contribution in [2.75, 3.05) is 12.4 Å². The molecule has 0 atom stereocenters. The highest BCUT2D eigenvalue weighted by Crippen LogP contribution is 2.28. The highest BCUT2D eigenvalue weighted by atomic mass is 16.5. The summed E-state index contributed by atoms with van der Waals surface area (Å²) in [5.74, 6) is -0.254. The lowest BCUT2D eigenvalue weighted by atomic mass is 10.2. The number of ether oxygens (including phenoxy) is 1. The Morgan fingerprint density at radius 3 is 2.64 bits per heavy atom. The molecule has 8 heteroatoms. The Balaban J connectivity index is 1.93. The molecule has 8 nitrogen and oxygen atoms in total. The first-order chi connectivity index (χ1) is 12.0. The quantitative estimate of drug-likeness (QED) is 0.737. The number of anilines is 2. The number of hydrogen-bond acceptors (Lipinski definition) is 6. The SMILES string of the molecule is COc1cc(Nc2nc(C)cc(C(=O)O)n2)ccc1-n1cnc(C)c1. The van der Waals surface area contributed by atoms with Gasteiger partial charge in [-0.3, -0.25) is 0 Å². The van der Waals surface area contributed by atoms with Gasteiger partial charge in [0, 0.05) is 23.6 Å². The number of benzene rings is 1. The van der Waals surface area contributed by atoms with Crippen LogP contribution in [0.1, 0.15) is 21.9 Å². The number of carbonyl (C=O) groups is 1. The van der Waals surface area contributed by atoms with E-state index in [4.69, 9.17) is 9.84 Å². The smallest absolute Gasteiger partial charge is 0.354 e. The largest absolute Gasteiger partial charge is 0.494 e. The lowest BCUT2D eigenvalue weighted by Crippen LogP contribution is -2.06. The molecular weight excluding hydrogens is 322 g/mol. The number of hydrogen-bond donors (Lipinski definition) is 2. The van der Waals surface area contributed by atoms with Crippen molar-refractivity contribution in [3.8, 4) is 11.4 Å². The number of carboxylic acid groups (broad SMARTS) is 1. The van der Waals surface area contributed by atoms with Crippen molar-refractivity contribution in [3.05, 3.63) is 53.9 Å². The zero-order chi connectivity index (χ0) is 18.0. The van der Waals surface area contributed by atoms with Crippen molar-refractivity contribution < 1.29 is 14.6 Å². The Bertz CT molecular complexity index is 936. The Hall–Kier alpha value is -3.42. The van der Waals surface area contributed by atoms with Crippen LogP contribution in [-0.2, 0) is 0 Å². The molecule has 128 valence electrons. The fraction of sp³-hybridized carbons (Fsp3) is 0.176. The fourth-order valence-electron chi connectivity index (χ4n) is 2.38. The molecule has 1 aromatic carbocycles. The number of aromatic carboxylic acids is 1. The molecule has 2 aromatic heterocycles. The third-order valence-corrected chi connectivity index (χ3v) is 3.50. The van der Waals surface area contributed by atoms with Gasteiger partial charge in [-0.25, -0.2) is 19.7 Å². The minimum Gasteiger partial charge on any atom is -0.494 e. The van der Waals surface area contributed by atoms with E-state index in [2.05, 4.69) is 20.3 Å². The van der Waals surface area contributed by atoms with Crippen LogP contribution in [0.3, 0.4) is 0 Å². The van der Waals surface area contributed by atoms with Crippen LogP contribution in [0.5, 0.6) is 5.75 Å². The standard InChI is InChI=1S/C17H17N5O3/c1-10-6-13(16(23)24)21-17(19-10)20-12-4-5-14(15(7-12)25-3)22-8-11(2)18-9-22/h4-9H,1-3H3,(H,23,24)(H,19,20,21). The van der Waals surface area contributed by atoms with Gasteiger partial charge in [0.05, 0.1) is 24.8 Å². The summed E-state index contributed by atoms with van der Waals surface area (Å²) in [6, 6.07) is 6.91. The molecule has 0 amide bonds. The summed E-state index contributed by atoms with van der Waals surface area (Å²) in [4.78, 5) is 23.5. The number of carboxylic acids is 1. The molecule has 0 aliphatic carbocycles. The van der Waals surface area contributed by atoms with Crippen molar-refractivity contribution in [2.24, 2.45) is 0 Å². The van der Waals surface area contributed by atoms with E-state index >= 15 is 0 Å². The van der Waals surface area contributed by atoms with Gasteiger partial charge in [-0.15, -0.1) is 0 Å². The first-order valence-electron chi connectivity index (χ1n) is 7.51. The Labute approximate surface area is 144 Å². The zero-order valence-corrected chi connectivity index (χ0v) is 14.0. The van der Waals surface area contributed by atoms with Crippen molar-refractivity contribution in [3.63, 3.8) is 0 Å². The zero-order valence-electron chi connectivity index (χ0n) is 14.0. The predicted molar refractivity (Wildman–Crippen MR) is 91.9 cm³/mol. The molecule has 0 fully saturated rings. The van der Waals surface area contributed by atoms with Crippen LogP contribution in [0.15, 0.2) is 36.8 Å². The second kappa shape index (κ2) is 6.60. The summed E-state index contributed by atoms with van der Waals surface area (Å²) in [7, 11) is 1.58. The number of imidazole rings is 1. The first-order valence-corrected chi connectivity index (χ1v) is 7.51. The predicted octanol–water partition coefficient (Wildman–Crippen LogP) is 2.73. The van der Waals surface area contributed by atoms with Gasteiger partial charge in [0.1, 0.15) is 5.75 Å². The highest BCUT2D eigenvalue weighted by Gasteiger charge is 2.11. The molecule has 0 bridgehead atoms. The Morgan fingerprint density at radius 2 is 2.00 bits per heavy atom. The summed E-state index contributed by atoms with van der Waals surface area (Å²) in [6.45, 7) is 3.62. The van der Waals surface area contributed by atoms with E-state index in [1.54, 1.807) is 26.4 Å². The van der Waals surface area contributed by atoms with Gasteiger partial charge in [0.2, 0.25) is 5.95 Å². The Morgan fingerprint density at radius 1 is 1.20 bits per heavy atom. The fourth-order valence-corrected chi connectivity index (χ4v) is 2.38. The molecule has 3 aromatic rings. The molecule has 0 saturated carbocycles. The van der Waals surface area contributed by atoms with Gasteiger partial charge in [0.25, 0.3) is 0 Å². The number of nitrogens with one attached hydrogen (secondary N) is 1. The summed E-state index contributed by atoms with van der Waals surface area (Å²) in [6.07, 6.45) is 3.61. The van der Waals surface area contributed by atoms with E-state index in [9.17, 15) is 4.79 Å². The number of aryl methyl sites for hydroxylation is 2. The second-order valence-corrected chi connectivity index (χ2v) is 5.46. The average molecular weight is 339 g/mol. The topological polar surface area (TPSA) is 102 Å². The third-order valence-electron chi connectivity index (χ3n) is 3.50. The number of aromatic nitrogens is 4. The van der Waals surface area contributed by atoms with Crippen molar-refractivity contribution in [2.45, 2.75) is 13.8 Å². The van der Waals surface area contributed by atoms with Gasteiger partial charge in [0.15, 0.2) is 5.69 Å². The molecule has 0 saturated heterocycles. The summed E-state index contributed by atoms with van der Waals surface area (Å²) in [5.41, 5.74) is 2.92. The number of rotatable bonds is 5. The lowest BCUT2D eigenvalue weighted by Gasteiger charge is -2.12. The van der Waals surface area contributed by atoms with Crippen LogP contribution in [0.25, 0.3) is 5.69 Å². The maximum Gasteiger partial charge on any atom is 0.354 e. The van der Waals surface area contributed by atoms with Crippen LogP contribution in [0, 0.1) is 13.8 Å². The number of nitrogens with zero attached hydrogens (tertiary/aromatic N) is 4. The van der Waals surface area contributed by atoms with Crippen molar-refractivity contribution in [1.29, 1.82) is 0 Å². The summed E-state index contributed by atoms with van der Waals surface area (Å²) in [5, 5.41) is 12.1. The van der Waals surface area contributed by atoms with Gasteiger partial charge in [-0.2, -0.15) is 0 Å². The van der Waals surface area contributed by atoms with E-state index in [1.807, 2.05) is 29.8 Å². The average Bonchev–Trinajstić information content (AvgIpc) is 3.00. The molecule has 25 heavy (non-hydrogen) atoms. The molecule has 0 aliphatic heterocycles. The monoisotopic (exact) mass is 339 g/mol. The van der Waals surface area contributed by atoms with E-state index in [-0.39, 0.29) is 11.6 Å². The van der Waals surface area contributed by atoms with Crippen LogP contribution < -0.4 is 10.1 Å². The number of methoxy groups -OCH3 is 1. The lowest BCUT2D eigenvalue weighted by molar-refractivity contribution is 0.0690. The van der Waals surface area contributed by atoms with Gasteiger partial charge in [-0.1, -0.05) is 0 Å². The molecular formula is C17H17N5O3. The maximum absolute atomic E-state index is 11.1. The maximum atomic E-state index is 11.1. The molecule has 0 unspecified atom stereocenters.